The lowest BCUT2D eigenvalue weighted by atomic mass is 9.81. The molecule has 0 aromatic heterocycles. The molecule has 7 nitrogen and oxygen atoms in total. The number of carbonyl (C=O) groups excluding carboxylic acids is 3. The van der Waals surface area contributed by atoms with Gasteiger partial charge < -0.3 is 21.3 Å². The highest BCUT2D eigenvalue weighted by Gasteiger charge is 2.38. The van der Waals surface area contributed by atoms with Crippen molar-refractivity contribution in [2.45, 2.75) is 58.4 Å². The third-order valence-electron chi connectivity index (χ3n) is 7.23. The second-order valence-corrected chi connectivity index (χ2v) is 10.5. The Morgan fingerprint density at radius 1 is 1.06 bits per heavy atom. The molecule has 0 saturated heterocycles. The van der Waals surface area contributed by atoms with Gasteiger partial charge in [0.05, 0.1) is 11.4 Å². The Hall–Kier alpha value is -3.19. The van der Waals surface area contributed by atoms with Gasteiger partial charge >= 0.3 is 0 Å². The molecule has 1 saturated carbocycles. The van der Waals surface area contributed by atoms with E-state index in [1.807, 2.05) is 32.0 Å². The normalized spacial score (nSPS) is 18.9. The zero-order valence-electron chi connectivity index (χ0n) is 20.7. The van der Waals surface area contributed by atoms with Crippen LogP contribution in [-0.2, 0) is 4.79 Å². The van der Waals surface area contributed by atoms with E-state index in [0.717, 1.165) is 25.7 Å². The largest absolute Gasteiger partial charge is 0.351 e. The minimum Gasteiger partial charge on any atom is -0.351 e. The van der Waals surface area contributed by atoms with Gasteiger partial charge in [-0.25, -0.2) is 0 Å². The average molecular weight is 477 g/mol. The van der Waals surface area contributed by atoms with Crippen LogP contribution in [0.2, 0.25) is 0 Å². The summed E-state index contributed by atoms with van der Waals surface area (Å²) in [4.78, 5) is 41.5. The number of nitrogens with zero attached hydrogens (tertiary/aromatic N) is 1. The number of hydrogen-bond acceptors (Lipinski definition) is 4. The zero-order valence-corrected chi connectivity index (χ0v) is 20.7. The van der Waals surface area contributed by atoms with Gasteiger partial charge in [0, 0.05) is 30.1 Å². The first kappa shape index (κ1) is 24.9. The van der Waals surface area contributed by atoms with Crippen LogP contribution in [0.25, 0.3) is 0 Å². The molecular formula is C28H36N4O3. The Morgan fingerprint density at radius 3 is 2.46 bits per heavy atom. The molecule has 2 aliphatic rings. The molecule has 1 aliphatic carbocycles. The van der Waals surface area contributed by atoms with Crippen molar-refractivity contribution < 1.29 is 14.4 Å². The average Bonchev–Trinajstić information content (AvgIpc) is 3.03. The van der Waals surface area contributed by atoms with Crippen LogP contribution in [0.1, 0.15) is 73.1 Å². The van der Waals surface area contributed by atoms with E-state index in [2.05, 4.69) is 10.6 Å². The summed E-state index contributed by atoms with van der Waals surface area (Å²) in [5, 5.41) is 5.91. The van der Waals surface area contributed by atoms with E-state index in [1.165, 1.54) is 6.42 Å². The van der Waals surface area contributed by atoms with E-state index >= 15 is 0 Å². The van der Waals surface area contributed by atoms with Crippen LogP contribution >= 0.6 is 0 Å². The summed E-state index contributed by atoms with van der Waals surface area (Å²) in [5.74, 6) is -0.236. The summed E-state index contributed by atoms with van der Waals surface area (Å²) < 4.78 is 0. The van der Waals surface area contributed by atoms with Crippen molar-refractivity contribution >= 4 is 29.1 Å². The predicted octanol–water partition coefficient (Wildman–Crippen LogP) is 4.34. The topological polar surface area (TPSA) is 105 Å². The highest BCUT2D eigenvalue weighted by molar-refractivity contribution is 6.12. The number of hydrogen-bond donors (Lipinski definition) is 3. The molecule has 186 valence electrons. The van der Waals surface area contributed by atoms with Crippen molar-refractivity contribution in [1.82, 2.24) is 5.32 Å². The lowest BCUT2D eigenvalue weighted by molar-refractivity contribution is -0.116. The molecule has 4 N–H and O–H groups in total. The van der Waals surface area contributed by atoms with Crippen molar-refractivity contribution in [3.63, 3.8) is 0 Å². The van der Waals surface area contributed by atoms with E-state index in [4.69, 9.17) is 5.73 Å². The lowest BCUT2D eigenvalue weighted by Gasteiger charge is -2.37. The maximum Gasteiger partial charge on any atom is 0.258 e. The number of nitrogens with two attached hydrogens (primary N) is 1. The summed E-state index contributed by atoms with van der Waals surface area (Å²) in [6, 6.07) is 14.2. The first-order valence-electron chi connectivity index (χ1n) is 12.6. The number of anilines is 2. The van der Waals surface area contributed by atoms with Crippen molar-refractivity contribution in [1.29, 1.82) is 0 Å². The maximum atomic E-state index is 13.8. The van der Waals surface area contributed by atoms with Crippen LogP contribution in [0.3, 0.4) is 0 Å². The SMILES string of the molecule is CC(C)(CN)CNC(=O)c1ccc2c(c1)NC(=O)CC(C1CCCCC1)N2C(=O)c1ccccc1. The molecule has 4 rings (SSSR count). The molecule has 1 aliphatic heterocycles. The number of benzene rings is 2. The summed E-state index contributed by atoms with van der Waals surface area (Å²) >= 11 is 0. The highest BCUT2D eigenvalue weighted by atomic mass is 16.2. The summed E-state index contributed by atoms with van der Waals surface area (Å²) in [5.41, 5.74) is 7.70. The maximum absolute atomic E-state index is 13.8. The standard InChI is InChI=1S/C28H36N4O3/c1-28(2,17-29)18-30-26(34)21-13-14-23-22(15-21)31-25(33)16-24(19-9-5-3-6-10-19)32(23)27(35)20-11-7-4-8-12-20/h4,7-8,11-15,19,24H,3,5-6,9-10,16-18,29H2,1-2H3,(H,30,34)(H,31,33). The van der Waals surface area contributed by atoms with E-state index in [0.29, 0.717) is 35.6 Å². The third kappa shape index (κ3) is 5.73. The van der Waals surface area contributed by atoms with Crippen molar-refractivity contribution in [2.75, 3.05) is 23.3 Å². The van der Waals surface area contributed by atoms with Gasteiger partial charge in [-0.1, -0.05) is 51.3 Å². The van der Waals surface area contributed by atoms with Gasteiger partial charge in [-0.3, -0.25) is 14.4 Å². The number of nitrogens with one attached hydrogen (secondary N) is 2. The minimum atomic E-state index is -0.238. The zero-order chi connectivity index (χ0) is 25.0. The van der Waals surface area contributed by atoms with Crippen molar-refractivity contribution in [2.24, 2.45) is 17.1 Å². The second kappa shape index (κ2) is 10.6. The van der Waals surface area contributed by atoms with Crippen LogP contribution in [0.4, 0.5) is 11.4 Å². The van der Waals surface area contributed by atoms with Crippen LogP contribution in [-0.4, -0.2) is 36.9 Å². The Morgan fingerprint density at radius 2 is 1.77 bits per heavy atom. The number of rotatable bonds is 6. The van der Waals surface area contributed by atoms with E-state index in [-0.39, 0.29) is 41.5 Å². The smallest absolute Gasteiger partial charge is 0.258 e. The van der Waals surface area contributed by atoms with Crippen LogP contribution in [0, 0.1) is 11.3 Å². The molecule has 1 atom stereocenters. The fourth-order valence-electron chi connectivity index (χ4n) is 5.02. The first-order chi connectivity index (χ1) is 16.8. The molecule has 1 heterocycles. The van der Waals surface area contributed by atoms with Gasteiger partial charge in [0.25, 0.3) is 11.8 Å². The molecule has 1 fully saturated rings. The monoisotopic (exact) mass is 476 g/mol. The first-order valence-corrected chi connectivity index (χ1v) is 12.6. The number of carbonyl (C=O) groups is 3. The van der Waals surface area contributed by atoms with Crippen molar-refractivity contribution in [3.8, 4) is 0 Å². The Balaban J connectivity index is 1.71. The Bertz CT molecular complexity index is 1080. The summed E-state index contributed by atoms with van der Waals surface area (Å²) in [6.45, 7) is 4.87. The van der Waals surface area contributed by atoms with Gasteiger partial charge in [-0.05, 0) is 61.1 Å². The second-order valence-electron chi connectivity index (χ2n) is 10.5. The summed E-state index contributed by atoms with van der Waals surface area (Å²) in [7, 11) is 0. The van der Waals surface area contributed by atoms with Crippen LogP contribution in [0.15, 0.2) is 48.5 Å². The summed E-state index contributed by atoms with van der Waals surface area (Å²) in [6.07, 6.45) is 5.66. The Kier molecular flexibility index (Phi) is 7.55. The number of amides is 3. The third-order valence-corrected chi connectivity index (χ3v) is 7.23. The van der Waals surface area contributed by atoms with E-state index < -0.39 is 0 Å². The molecule has 1 unspecified atom stereocenters. The molecule has 35 heavy (non-hydrogen) atoms. The molecular weight excluding hydrogens is 440 g/mol. The molecule has 0 radical (unpaired) electrons. The minimum absolute atomic E-state index is 0.124. The van der Waals surface area contributed by atoms with Gasteiger partial charge in [-0.2, -0.15) is 0 Å². The van der Waals surface area contributed by atoms with Gasteiger partial charge in [0.2, 0.25) is 5.91 Å². The molecule has 0 bridgehead atoms. The quantitative estimate of drug-likeness (QED) is 0.577. The fourth-order valence-corrected chi connectivity index (χ4v) is 5.02. The Labute approximate surface area is 207 Å². The molecule has 2 aromatic carbocycles. The van der Waals surface area contributed by atoms with Gasteiger partial charge in [0.15, 0.2) is 0 Å². The number of fused-ring (bicyclic) bond motifs is 1. The van der Waals surface area contributed by atoms with E-state index in [9.17, 15) is 14.4 Å². The van der Waals surface area contributed by atoms with Crippen LogP contribution in [0.5, 0.6) is 0 Å². The fraction of sp³-hybridized carbons (Fsp3) is 0.464. The predicted molar refractivity (Wildman–Crippen MR) is 138 cm³/mol. The molecule has 2 aromatic rings. The van der Waals surface area contributed by atoms with Crippen LogP contribution < -0.4 is 21.3 Å². The molecule has 7 heteroatoms. The van der Waals surface area contributed by atoms with Gasteiger partial charge in [-0.15, -0.1) is 0 Å². The lowest BCUT2D eigenvalue weighted by Crippen LogP contribution is -2.46. The van der Waals surface area contributed by atoms with E-state index in [1.54, 1.807) is 35.2 Å². The molecule has 0 spiro atoms. The van der Waals surface area contributed by atoms with Crippen molar-refractivity contribution in [3.05, 3.63) is 59.7 Å². The molecule has 3 amide bonds. The highest BCUT2D eigenvalue weighted by Crippen LogP contribution is 2.39. The van der Waals surface area contributed by atoms with Gasteiger partial charge in [0.1, 0.15) is 0 Å².